The zero-order valence-corrected chi connectivity index (χ0v) is 25.8. The molecule has 0 amide bonds. The molecule has 1 unspecified atom stereocenters. The van der Waals surface area contributed by atoms with Crippen molar-refractivity contribution in [2.24, 2.45) is 0 Å². The zero-order chi connectivity index (χ0) is 30.5. The fourth-order valence-electron chi connectivity index (χ4n) is 3.55. The fraction of sp³-hybridized carbons (Fsp3) is 0.767. The Hall–Kier alpha value is -1.87. The number of nitrogens with one attached hydrogen (secondary N) is 1. The van der Waals surface area contributed by atoms with E-state index in [1.54, 1.807) is 19.2 Å². The highest BCUT2D eigenvalue weighted by atomic mass is 16.6. The summed E-state index contributed by atoms with van der Waals surface area (Å²) in [4.78, 5) is 11.6. The van der Waals surface area contributed by atoms with E-state index in [4.69, 9.17) is 42.6 Å². The standard InChI is InChI=1S/C30H53NO11/c1-4-5-8-31-27-6-7-28(30(32)33)29(25-27)26(2)42-24-23-41-22-21-40-20-19-39-18-17-38-16-15-37-14-13-36-12-11-35-10-9-34-3/h6-7,25-26,31H,4-5,8-24H2,1-3H3,(H,32,33). The fourth-order valence-corrected chi connectivity index (χ4v) is 3.55. The molecule has 0 saturated heterocycles. The molecule has 0 heterocycles. The van der Waals surface area contributed by atoms with Gasteiger partial charge in [-0.25, -0.2) is 4.79 Å². The van der Waals surface area contributed by atoms with Crippen molar-refractivity contribution in [2.45, 2.75) is 32.8 Å². The number of anilines is 1. The average molecular weight is 604 g/mol. The minimum atomic E-state index is -0.968. The molecule has 244 valence electrons. The summed E-state index contributed by atoms with van der Waals surface area (Å²) in [7, 11) is 1.64. The van der Waals surface area contributed by atoms with E-state index in [0.717, 1.165) is 25.1 Å². The number of methoxy groups -OCH3 is 1. The smallest absolute Gasteiger partial charge is 0.336 e. The van der Waals surface area contributed by atoms with Gasteiger partial charge >= 0.3 is 5.97 Å². The van der Waals surface area contributed by atoms with E-state index in [-0.39, 0.29) is 11.7 Å². The molecule has 12 nitrogen and oxygen atoms in total. The number of benzene rings is 1. The van der Waals surface area contributed by atoms with Crippen LogP contribution in [-0.4, -0.2) is 130 Å². The second kappa shape index (κ2) is 27.9. The van der Waals surface area contributed by atoms with Crippen LogP contribution < -0.4 is 5.32 Å². The molecule has 42 heavy (non-hydrogen) atoms. The van der Waals surface area contributed by atoms with Crippen LogP contribution in [0.15, 0.2) is 18.2 Å². The molecule has 1 atom stereocenters. The second-order valence-corrected chi connectivity index (χ2v) is 9.18. The first-order chi connectivity index (χ1) is 20.6. The first kappa shape index (κ1) is 38.2. The number of rotatable bonds is 31. The number of carboxylic acids is 1. The van der Waals surface area contributed by atoms with Crippen LogP contribution in [0.4, 0.5) is 5.69 Å². The summed E-state index contributed by atoms with van der Waals surface area (Å²) in [6.45, 7) is 12.7. The number of hydrogen-bond donors (Lipinski definition) is 2. The third-order valence-corrected chi connectivity index (χ3v) is 5.84. The summed E-state index contributed by atoms with van der Waals surface area (Å²) in [6, 6.07) is 5.26. The van der Waals surface area contributed by atoms with Crippen molar-refractivity contribution in [1.29, 1.82) is 0 Å². The Labute approximate surface area is 251 Å². The van der Waals surface area contributed by atoms with Gasteiger partial charge in [-0.05, 0) is 37.1 Å². The molecule has 0 radical (unpaired) electrons. The maximum absolute atomic E-state index is 11.6. The van der Waals surface area contributed by atoms with Crippen LogP contribution in [0, 0.1) is 0 Å². The van der Waals surface area contributed by atoms with Crippen molar-refractivity contribution < 1.29 is 52.5 Å². The van der Waals surface area contributed by atoms with Gasteiger partial charge in [0.25, 0.3) is 0 Å². The molecule has 0 aliphatic rings. The topological polar surface area (TPSA) is 132 Å². The molecular formula is C30H53NO11. The van der Waals surface area contributed by atoms with Crippen molar-refractivity contribution in [3.63, 3.8) is 0 Å². The molecule has 0 bridgehead atoms. The Morgan fingerprint density at radius 1 is 0.714 bits per heavy atom. The predicted octanol–water partition coefficient (Wildman–Crippen LogP) is 3.44. The van der Waals surface area contributed by atoms with Gasteiger partial charge in [-0.2, -0.15) is 0 Å². The quantitative estimate of drug-likeness (QED) is 0.121. The molecule has 12 heteroatoms. The van der Waals surface area contributed by atoms with E-state index in [0.29, 0.717) is 111 Å². The Morgan fingerprint density at radius 3 is 1.55 bits per heavy atom. The van der Waals surface area contributed by atoms with Gasteiger partial charge in [0.1, 0.15) is 0 Å². The summed E-state index contributed by atoms with van der Waals surface area (Å²) in [5.74, 6) is -0.968. The number of carbonyl (C=O) groups is 1. The van der Waals surface area contributed by atoms with Crippen molar-refractivity contribution >= 4 is 11.7 Å². The highest BCUT2D eigenvalue weighted by Crippen LogP contribution is 2.25. The molecule has 1 rings (SSSR count). The highest BCUT2D eigenvalue weighted by molar-refractivity contribution is 5.90. The molecular weight excluding hydrogens is 550 g/mol. The highest BCUT2D eigenvalue weighted by Gasteiger charge is 2.17. The van der Waals surface area contributed by atoms with Crippen LogP contribution in [0.25, 0.3) is 0 Å². The molecule has 0 saturated carbocycles. The predicted molar refractivity (Wildman–Crippen MR) is 159 cm³/mol. The van der Waals surface area contributed by atoms with Gasteiger partial charge in [0.2, 0.25) is 0 Å². The maximum Gasteiger partial charge on any atom is 0.336 e. The summed E-state index contributed by atoms with van der Waals surface area (Å²) in [6.07, 6.45) is 1.76. The number of aromatic carboxylic acids is 1. The molecule has 2 N–H and O–H groups in total. The SMILES string of the molecule is CCCCNc1ccc(C(=O)O)c(C(C)OCCOCCOCCOCCOCCOCCOCCOCCOC)c1. The van der Waals surface area contributed by atoms with Crippen LogP contribution >= 0.6 is 0 Å². The van der Waals surface area contributed by atoms with Crippen LogP contribution in [-0.2, 0) is 42.6 Å². The third-order valence-electron chi connectivity index (χ3n) is 5.84. The second-order valence-electron chi connectivity index (χ2n) is 9.18. The van der Waals surface area contributed by atoms with Gasteiger partial charge in [0.05, 0.1) is 117 Å². The van der Waals surface area contributed by atoms with Gasteiger partial charge in [-0.15, -0.1) is 0 Å². The Balaban J connectivity index is 1.91. The molecule has 0 aromatic heterocycles. The summed E-state index contributed by atoms with van der Waals surface area (Å²) in [5, 5.41) is 12.9. The van der Waals surface area contributed by atoms with Crippen LogP contribution in [0.1, 0.15) is 48.7 Å². The van der Waals surface area contributed by atoms with Gasteiger partial charge in [0, 0.05) is 19.3 Å². The number of hydrogen-bond acceptors (Lipinski definition) is 11. The van der Waals surface area contributed by atoms with Crippen LogP contribution in [0.3, 0.4) is 0 Å². The Bertz CT molecular complexity index is 769. The number of unbranched alkanes of at least 4 members (excludes halogenated alkanes) is 1. The van der Waals surface area contributed by atoms with Crippen molar-refractivity contribution in [3.8, 4) is 0 Å². The summed E-state index contributed by atoms with van der Waals surface area (Å²) < 4.78 is 48.8. The first-order valence-corrected chi connectivity index (χ1v) is 14.9. The first-order valence-electron chi connectivity index (χ1n) is 14.9. The lowest BCUT2D eigenvalue weighted by Gasteiger charge is -2.18. The summed E-state index contributed by atoms with van der Waals surface area (Å²) in [5.41, 5.74) is 1.78. The lowest BCUT2D eigenvalue weighted by molar-refractivity contribution is -0.0275. The molecule has 0 aliphatic carbocycles. The van der Waals surface area contributed by atoms with Gasteiger partial charge in [0.15, 0.2) is 0 Å². The third kappa shape index (κ3) is 20.9. The summed E-state index contributed by atoms with van der Waals surface area (Å²) >= 11 is 0. The monoisotopic (exact) mass is 603 g/mol. The minimum absolute atomic E-state index is 0.245. The lowest BCUT2D eigenvalue weighted by atomic mass is 10.0. The van der Waals surface area contributed by atoms with E-state index in [9.17, 15) is 9.90 Å². The van der Waals surface area contributed by atoms with E-state index < -0.39 is 5.97 Å². The molecule has 1 aromatic rings. The maximum atomic E-state index is 11.6. The molecule has 0 fully saturated rings. The zero-order valence-electron chi connectivity index (χ0n) is 25.8. The normalized spacial score (nSPS) is 12.1. The van der Waals surface area contributed by atoms with Crippen molar-refractivity contribution in [2.75, 3.05) is 125 Å². The van der Waals surface area contributed by atoms with Crippen molar-refractivity contribution in [1.82, 2.24) is 0 Å². The minimum Gasteiger partial charge on any atom is -0.478 e. The van der Waals surface area contributed by atoms with E-state index >= 15 is 0 Å². The van der Waals surface area contributed by atoms with Gasteiger partial charge in [-0.1, -0.05) is 13.3 Å². The largest absolute Gasteiger partial charge is 0.478 e. The Kier molecular flexibility index (Phi) is 25.4. The van der Waals surface area contributed by atoms with E-state index in [2.05, 4.69) is 12.2 Å². The Morgan fingerprint density at radius 2 is 1.14 bits per heavy atom. The van der Waals surface area contributed by atoms with Gasteiger partial charge in [-0.3, -0.25) is 0 Å². The number of ether oxygens (including phenoxy) is 9. The van der Waals surface area contributed by atoms with E-state index in [1.807, 2.05) is 13.0 Å². The number of carboxylic acid groups (broad SMARTS) is 1. The van der Waals surface area contributed by atoms with Gasteiger partial charge < -0.3 is 53.1 Å². The van der Waals surface area contributed by atoms with Crippen molar-refractivity contribution in [3.05, 3.63) is 29.3 Å². The molecule has 0 aliphatic heterocycles. The molecule has 0 spiro atoms. The van der Waals surface area contributed by atoms with Crippen LogP contribution in [0.2, 0.25) is 0 Å². The molecule has 1 aromatic carbocycles. The lowest BCUT2D eigenvalue weighted by Crippen LogP contribution is -2.15. The average Bonchev–Trinajstić information content (AvgIpc) is 2.99. The van der Waals surface area contributed by atoms with Crippen LogP contribution in [0.5, 0.6) is 0 Å². The van der Waals surface area contributed by atoms with E-state index in [1.165, 1.54) is 0 Å².